The number of alkyl halides is 4. The lowest BCUT2D eigenvalue weighted by Crippen LogP contribution is -2.29. The highest BCUT2D eigenvalue weighted by Crippen LogP contribution is 2.29. The first-order valence-corrected chi connectivity index (χ1v) is 5.92. The standard InChI is InChI=1S/C10H17ClF3NO/c11-9-3-1-2-8(9)6-15-4-5-16-7-10(12,13)14/h8-9,15H,1-7H2. The average molecular weight is 260 g/mol. The molecule has 1 N–H and O–H groups in total. The Hall–Kier alpha value is 0. The molecule has 0 bridgehead atoms. The van der Waals surface area contributed by atoms with Gasteiger partial charge in [0.2, 0.25) is 0 Å². The minimum absolute atomic E-state index is 0.0825. The van der Waals surface area contributed by atoms with E-state index in [-0.39, 0.29) is 12.0 Å². The molecular weight excluding hydrogens is 243 g/mol. The molecule has 96 valence electrons. The molecule has 16 heavy (non-hydrogen) atoms. The van der Waals surface area contributed by atoms with Gasteiger partial charge in [-0.05, 0) is 25.3 Å². The molecule has 0 radical (unpaired) electrons. The highest BCUT2D eigenvalue weighted by atomic mass is 35.5. The van der Waals surface area contributed by atoms with Crippen molar-refractivity contribution in [3.63, 3.8) is 0 Å². The molecule has 2 unspecified atom stereocenters. The van der Waals surface area contributed by atoms with Crippen LogP contribution in [0.5, 0.6) is 0 Å². The first-order valence-electron chi connectivity index (χ1n) is 5.48. The molecule has 2 atom stereocenters. The van der Waals surface area contributed by atoms with Crippen molar-refractivity contribution in [2.75, 3.05) is 26.3 Å². The van der Waals surface area contributed by atoms with Crippen LogP contribution in [0.4, 0.5) is 13.2 Å². The zero-order valence-electron chi connectivity index (χ0n) is 9.02. The molecule has 6 heteroatoms. The van der Waals surface area contributed by atoms with Crippen molar-refractivity contribution in [2.24, 2.45) is 5.92 Å². The summed E-state index contributed by atoms with van der Waals surface area (Å²) in [6.07, 6.45) is -0.944. The lowest BCUT2D eigenvalue weighted by molar-refractivity contribution is -0.173. The molecule has 0 aromatic heterocycles. The summed E-state index contributed by atoms with van der Waals surface area (Å²) in [5, 5.41) is 3.28. The Balaban J connectivity index is 1.92. The van der Waals surface area contributed by atoms with Crippen LogP contribution < -0.4 is 5.32 Å². The first-order chi connectivity index (χ1) is 7.49. The van der Waals surface area contributed by atoms with Gasteiger partial charge in [0, 0.05) is 11.9 Å². The van der Waals surface area contributed by atoms with Crippen LogP contribution in [0.25, 0.3) is 0 Å². The van der Waals surface area contributed by atoms with Crippen molar-refractivity contribution < 1.29 is 17.9 Å². The molecule has 0 spiro atoms. The van der Waals surface area contributed by atoms with E-state index in [4.69, 9.17) is 11.6 Å². The number of hydrogen-bond donors (Lipinski definition) is 1. The SMILES string of the molecule is FC(F)(F)COCCNCC1CCCC1Cl. The minimum Gasteiger partial charge on any atom is -0.371 e. The van der Waals surface area contributed by atoms with Crippen molar-refractivity contribution in [3.8, 4) is 0 Å². The maximum Gasteiger partial charge on any atom is 0.411 e. The van der Waals surface area contributed by atoms with Crippen LogP contribution in [0.1, 0.15) is 19.3 Å². The van der Waals surface area contributed by atoms with Gasteiger partial charge in [-0.1, -0.05) is 6.42 Å². The fourth-order valence-corrected chi connectivity index (χ4v) is 2.21. The van der Waals surface area contributed by atoms with Gasteiger partial charge < -0.3 is 10.1 Å². The van der Waals surface area contributed by atoms with Crippen LogP contribution in [-0.4, -0.2) is 37.9 Å². The molecule has 1 saturated carbocycles. The minimum atomic E-state index is -4.23. The van der Waals surface area contributed by atoms with Gasteiger partial charge in [-0.3, -0.25) is 0 Å². The molecule has 0 aromatic carbocycles. The van der Waals surface area contributed by atoms with E-state index in [0.717, 1.165) is 25.8 Å². The number of hydrogen-bond acceptors (Lipinski definition) is 2. The summed E-state index contributed by atoms with van der Waals surface area (Å²) < 4.78 is 39.6. The van der Waals surface area contributed by atoms with Crippen LogP contribution in [-0.2, 0) is 4.74 Å². The molecule has 1 aliphatic carbocycles. The van der Waals surface area contributed by atoms with Gasteiger partial charge in [0.25, 0.3) is 0 Å². The molecular formula is C10H17ClF3NO. The first kappa shape index (κ1) is 14.1. The van der Waals surface area contributed by atoms with Gasteiger partial charge in [-0.25, -0.2) is 0 Å². The Morgan fingerprint density at radius 2 is 2.06 bits per heavy atom. The quantitative estimate of drug-likeness (QED) is 0.585. The van der Waals surface area contributed by atoms with Crippen LogP contribution in [0, 0.1) is 5.92 Å². The van der Waals surface area contributed by atoms with E-state index < -0.39 is 12.8 Å². The third-order valence-electron chi connectivity index (χ3n) is 2.66. The average Bonchev–Trinajstić information content (AvgIpc) is 2.56. The Labute approximate surface area is 98.5 Å². The number of rotatable bonds is 6. The number of halogens is 4. The summed E-state index contributed by atoms with van der Waals surface area (Å²) in [4.78, 5) is 0. The molecule has 0 saturated heterocycles. The predicted molar refractivity (Wildman–Crippen MR) is 56.7 cm³/mol. The molecule has 1 fully saturated rings. The summed E-state index contributed by atoms with van der Waals surface area (Å²) in [5.41, 5.74) is 0. The second kappa shape index (κ2) is 6.67. The fourth-order valence-electron chi connectivity index (χ4n) is 1.84. The Bertz CT molecular complexity index is 201. The van der Waals surface area contributed by atoms with E-state index >= 15 is 0 Å². The van der Waals surface area contributed by atoms with E-state index in [1.54, 1.807) is 0 Å². The summed E-state index contributed by atoms with van der Waals surface area (Å²) in [6.45, 7) is 0.120. The van der Waals surface area contributed by atoms with Gasteiger partial charge in [0.15, 0.2) is 0 Å². The van der Waals surface area contributed by atoms with Gasteiger partial charge in [0.1, 0.15) is 6.61 Å². The Morgan fingerprint density at radius 1 is 1.31 bits per heavy atom. The summed E-state index contributed by atoms with van der Waals surface area (Å²) in [6, 6.07) is 0. The third-order valence-corrected chi connectivity index (χ3v) is 3.24. The monoisotopic (exact) mass is 259 g/mol. The van der Waals surface area contributed by atoms with Crippen LogP contribution >= 0.6 is 11.6 Å². The summed E-state index contributed by atoms with van der Waals surface area (Å²) in [7, 11) is 0. The second-order valence-corrected chi connectivity index (χ2v) is 4.64. The normalized spacial score (nSPS) is 26.2. The third kappa shape index (κ3) is 5.92. The van der Waals surface area contributed by atoms with Crippen LogP contribution in [0.2, 0.25) is 0 Å². The van der Waals surface area contributed by atoms with E-state index in [9.17, 15) is 13.2 Å². The maximum atomic E-state index is 11.7. The zero-order valence-corrected chi connectivity index (χ0v) is 9.78. The van der Waals surface area contributed by atoms with Crippen molar-refractivity contribution in [2.45, 2.75) is 30.8 Å². The van der Waals surface area contributed by atoms with E-state index in [2.05, 4.69) is 10.1 Å². The smallest absolute Gasteiger partial charge is 0.371 e. The lowest BCUT2D eigenvalue weighted by Gasteiger charge is -2.14. The molecule has 2 nitrogen and oxygen atoms in total. The fraction of sp³-hybridized carbons (Fsp3) is 1.00. The highest BCUT2D eigenvalue weighted by molar-refractivity contribution is 6.20. The van der Waals surface area contributed by atoms with Gasteiger partial charge >= 0.3 is 6.18 Å². The highest BCUT2D eigenvalue weighted by Gasteiger charge is 2.27. The largest absolute Gasteiger partial charge is 0.411 e. The van der Waals surface area contributed by atoms with E-state index in [1.165, 1.54) is 0 Å². The lowest BCUT2D eigenvalue weighted by atomic mass is 10.1. The van der Waals surface area contributed by atoms with Crippen molar-refractivity contribution >= 4 is 11.6 Å². The van der Waals surface area contributed by atoms with Crippen LogP contribution in [0.15, 0.2) is 0 Å². The molecule has 1 rings (SSSR count). The maximum absolute atomic E-state index is 11.7. The number of ether oxygens (including phenoxy) is 1. The summed E-state index contributed by atoms with van der Waals surface area (Å²) >= 11 is 6.06. The van der Waals surface area contributed by atoms with Crippen molar-refractivity contribution in [1.29, 1.82) is 0 Å². The van der Waals surface area contributed by atoms with Gasteiger partial charge in [-0.15, -0.1) is 11.6 Å². The second-order valence-electron chi connectivity index (χ2n) is 4.08. The van der Waals surface area contributed by atoms with Crippen LogP contribution in [0.3, 0.4) is 0 Å². The molecule has 0 amide bonds. The molecule has 0 aliphatic heterocycles. The zero-order chi connectivity index (χ0) is 12.0. The van der Waals surface area contributed by atoms with Gasteiger partial charge in [-0.2, -0.15) is 13.2 Å². The molecule has 1 aliphatic rings. The predicted octanol–water partition coefficient (Wildman–Crippen LogP) is 2.56. The Morgan fingerprint density at radius 3 is 2.62 bits per heavy atom. The van der Waals surface area contributed by atoms with E-state index in [1.807, 2.05) is 0 Å². The number of nitrogens with one attached hydrogen (secondary N) is 1. The van der Waals surface area contributed by atoms with Crippen molar-refractivity contribution in [3.05, 3.63) is 0 Å². The van der Waals surface area contributed by atoms with Gasteiger partial charge in [0.05, 0.1) is 6.61 Å². The van der Waals surface area contributed by atoms with E-state index in [0.29, 0.717) is 12.5 Å². The Kier molecular flexibility index (Phi) is 5.86. The topological polar surface area (TPSA) is 21.3 Å². The molecule has 0 heterocycles. The molecule has 0 aromatic rings. The van der Waals surface area contributed by atoms with Crippen molar-refractivity contribution in [1.82, 2.24) is 5.32 Å². The summed E-state index contributed by atoms with van der Waals surface area (Å²) in [5.74, 6) is 0.448.